The van der Waals surface area contributed by atoms with Crippen LogP contribution < -0.4 is 15.5 Å². The number of likely N-dealkylation sites (N-methyl/N-ethyl adjacent to an activating group) is 1. The lowest BCUT2D eigenvalue weighted by molar-refractivity contribution is -0.118. The number of anilines is 3. The molecule has 4 rings (SSSR count). The standard InChI is InChI=1S/C31H34N4O4/c1-5-9-27(36)35(19-18-34(2)3)24-15-13-23(14-16-24)32-29(21-10-7-6-8-11-21)28-25-17-12-22(31(38)39-4)20-26(25)33-30(28)37/h6-8,10-17,20,32H,5,9,18-19H2,1-4H3,(H,33,37)/b29-28-. The molecule has 0 atom stereocenters. The molecule has 0 radical (unpaired) electrons. The van der Waals surface area contributed by atoms with Gasteiger partial charge in [0, 0.05) is 36.4 Å². The molecule has 0 aliphatic carbocycles. The van der Waals surface area contributed by atoms with Crippen LogP contribution in [0.15, 0.2) is 72.8 Å². The van der Waals surface area contributed by atoms with Gasteiger partial charge in [0.1, 0.15) is 0 Å². The Hall–Kier alpha value is -4.43. The minimum absolute atomic E-state index is 0.0951. The Balaban J connectivity index is 1.70. The van der Waals surface area contributed by atoms with E-state index in [9.17, 15) is 14.4 Å². The van der Waals surface area contributed by atoms with Crippen molar-refractivity contribution in [3.63, 3.8) is 0 Å². The van der Waals surface area contributed by atoms with E-state index in [0.717, 1.165) is 29.9 Å². The molecule has 8 nitrogen and oxygen atoms in total. The van der Waals surface area contributed by atoms with Crippen LogP contribution in [0.3, 0.4) is 0 Å². The van der Waals surface area contributed by atoms with Gasteiger partial charge in [-0.25, -0.2) is 4.79 Å². The van der Waals surface area contributed by atoms with Crippen LogP contribution in [-0.4, -0.2) is 57.0 Å². The topological polar surface area (TPSA) is 91.0 Å². The number of hydrogen-bond acceptors (Lipinski definition) is 6. The fraction of sp³-hybridized carbons (Fsp3) is 0.258. The highest BCUT2D eigenvalue weighted by molar-refractivity contribution is 6.37. The third-order valence-corrected chi connectivity index (χ3v) is 6.48. The predicted molar refractivity (Wildman–Crippen MR) is 156 cm³/mol. The molecule has 0 saturated carbocycles. The minimum Gasteiger partial charge on any atom is -0.465 e. The number of methoxy groups -OCH3 is 1. The molecule has 0 saturated heterocycles. The maximum atomic E-state index is 13.2. The van der Waals surface area contributed by atoms with Crippen LogP contribution in [-0.2, 0) is 14.3 Å². The Morgan fingerprint density at radius 2 is 1.64 bits per heavy atom. The molecular formula is C31H34N4O4. The van der Waals surface area contributed by atoms with Gasteiger partial charge in [-0.1, -0.05) is 43.3 Å². The lowest BCUT2D eigenvalue weighted by Crippen LogP contribution is -2.36. The predicted octanol–water partition coefficient (Wildman–Crippen LogP) is 5.10. The van der Waals surface area contributed by atoms with Crippen LogP contribution in [0.2, 0.25) is 0 Å². The van der Waals surface area contributed by atoms with Crippen LogP contribution >= 0.6 is 0 Å². The van der Waals surface area contributed by atoms with Gasteiger partial charge in [0.15, 0.2) is 0 Å². The molecule has 0 spiro atoms. The van der Waals surface area contributed by atoms with Crippen LogP contribution in [0.25, 0.3) is 11.3 Å². The quantitative estimate of drug-likeness (QED) is 0.282. The number of fused-ring (bicyclic) bond motifs is 1. The molecule has 2 amide bonds. The summed E-state index contributed by atoms with van der Waals surface area (Å²) in [5.41, 5.74) is 5.15. The number of hydrogen-bond donors (Lipinski definition) is 2. The smallest absolute Gasteiger partial charge is 0.337 e. The fourth-order valence-corrected chi connectivity index (χ4v) is 4.47. The van der Waals surface area contributed by atoms with E-state index in [0.29, 0.717) is 41.1 Å². The van der Waals surface area contributed by atoms with Gasteiger partial charge >= 0.3 is 5.97 Å². The largest absolute Gasteiger partial charge is 0.465 e. The van der Waals surface area contributed by atoms with Crippen LogP contribution in [0.1, 0.15) is 41.3 Å². The van der Waals surface area contributed by atoms with Crippen molar-refractivity contribution in [2.45, 2.75) is 19.8 Å². The Labute approximate surface area is 229 Å². The summed E-state index contributed by atoms with van der Waals surface area (Å²) in [6.45, 7) is 3.36. The normalized spacial score (nSPS) is 13.5. The van der Waals surface area contributed by atoms with Gasteiger partial charge in [-0.2, -0.15) is 0 Å². The SMILES string of the molecule is CCCC(=O)N(CCN(C)C)c1ccc(N/C(=C2\C(=O)Nc3cc(C(=O)OC)ccc32)c2ccccc2)cc1. The Morgan fingerprint density at radius 1 is 0.923 bits per heavy atom. The van der Waals surface area contributed by atoms with Crippen molar-refractivity contribution in [3.05, 3.63) is 89.5 Å². The molecule has 0 aromatic heterocycles. The summed E-state index contributed by atoms with van der Waals surface area (Å²) in [5, 5.41) is 6.33. The number of nitrogens with zero attached hydrogens (tertiary/aromatic N) is 2. The van der Waals surface area contributed by atoms with Crippen LogP contribution in [0, 0.1) is 0 Å². The number of nitrogens with one attached hydrogen (secondary N) is 2. The van der Waals surface area contributed by atoms with Crippen molar-refractivity contribution in [2.75, 3.05) is 49.8 Å². The van der Waals surface area contributed by atoms with Gasteiger partial charge < -0.3 is 25.2 Å². The van der Waals surface area contributed by atoms with E-state index in [4.69, 9.17) is 4.74 Å². The summed E-state index contributed by atoms with van der Waals surface area (Å²) in [7, 11) is 5.30. The summed E-state index contributed by atoms with van der Waals surface area (Å²) >= 11 is 0. The molecule has 0 bridgehead atoms. The van der Waals surface area contributed by atoms with Crippen molar-refractivity contribution < 1.29 is 19.1 Å². The number of amides is 2. The Bertz CT molecular complexity index is 1380. The van der Waals surface area contributed by atoms with Crippen molar-refractivity contribution in [3.8, 4) is 0 Å². The molecule has 39 heavy (non-hydrogen) atoms. The number of rotatable bonds is 10. The van der Waals surface area contributed by atoms with E-state index >= 15 is 0 Å². The van der Waals surface area contributed by atoms with E-state index < -0.39 is 5.97 Å². The summed E-state index contributed by atoms with van der Waals surface area (Å²) in [5.74, 6) is -0.643. The summed E-state index contributed by atoms with van der Waals surface area (Å²) in [6, 6.07) is 22.3. The highest BCUT2D eigenvalue weighted by Crippen LogP contribution is 2.38. The maximum absolute atomic E-state index is 13.2. The second-order valence-corrected chi connectivity index (χ2v) is 9.59. The van der Waals surface area contributed by atoms with Gasteiger partial charge in [-0.15, -0.1) is 0 Å². The van der Waals surface area contributed by atoms with Gasteiger partial charge in [-0.3, -0.25) is 9.59 Å². The summed E-state index contributed by atoms with van der Waals surface area (Å²) in [4.78, 5) is 41.9. The minimum atomic E-state index is -0.469. The van der Waals surface area contributed by atoms with E-state index in [1.807, 2.05) is 80.5 Å². The van der Waals surface area contributed by atoms with E-state index in [-0.39, 0.29) is 11.8 Å². The van der Waals surface area contributed by atoms with Crippen molar-refractivity contribution in [1.82, 2.24) is 4.90 Å². The molecule has 1 heterocycles. The number of ether oxygens (including phenoxy) is 1. The first kappa shape index (κ1) is 27.6. The first-order chi connectivity index (χ1) is 18.8. The second kappa shape index (κ2) is 12.4. The van der Waals surface area contributed by atoms with Gasteiger partial charge in [0.2, 0.25) is 5.91 Å². The molecule has 2 N–H and O–H groups in total. The third kappa shape index (κ3) is 6.35. The average Bonchev–Trinajstić information content (AvgIpc) is 3.27. The second-order valence-electron chi connectivity index (χ2n) is 9.59. The van der Waals surface area contributed by atoms with Crippen molar-refractivity contribution >= 4 is 46.1 Å². The first-order valence-electron chi connectivity index (χ1n) is 13.0. The molecule has 3 aromatic rings. The van der Waals surface area contributed by atoms with E-state index in [2.05, 4.69) is 15.5 Å². The number of benzene rings is 3. The molecule has 1 aliphatic rings. The van der Waals surface area contributed by atoms with E-state index in [1.165, 1.54) is 7.11 Å². The molecule has 1 aliphatic heterocycles. The number of carbonyl (C=O) groups excluding carboxylic acids is 3. The highest BCUT2D eigenvalue weighted by Gasteiger charge is 2.29. The van der Waals surface area contributed by atoms with Crippen molar-refractivity contribution in [1.29, 1.82) is 0 Å². The maximum Gasteiger partial charge on any atom is 0.337 e. The molecule has 202 valence electrons. The zero-order valence-electron chi connectivity index (χ0n) is 22.8. The van der Waals surface area contributed by atoms with E-state index in [1.54, 1.807) is 18.2 Å². The Kier molecular flexibility index (Phi) is 8.78. The lowest BCUT2D eigenvalue weighted by atomic mass is 9.99. The van der Waals surface area contributed by atoms with Crippen LogP contribution in [0.4, 0.5) is 17.1 Å². The Morgan fingerprint density at radius 3 is 2.28 bits per heavy atom. The molecule has 0 unspecified atom stereocenters. The van der Waals surface area contributed by atoms with Crippen LogP contribution in [0.5, 0.6) is 0 Å². The molecular weight excluding hydrogens is 492 g/mol. The third-order valence-electron chi connectivity index (χ3n) is 6.48. The van der Waals surface area contributed by atoms with Gasteiger partial charge in [-0.05, 0) is 62.5 Å². The molecule has 8 heteroatoms. The molecule has 0 fully saturated rings. The van der Waals surface area contributed by atoms with Gasteiger partial charge in [0.05, 0.1) is 29.6 Å². The van der Waals surface area contributed by atoms with Gasteiger partial charge in [0.25, 0.3) is 5.91 Å². The first-order valence-corrected chi connectivity index (χ1v) is 13.0. The summed E-state index contributed by atoms with van der Waals surface area (Å²) < 4.78 is 4.82. The number of esters is 1. The number of carbonyl (C=O) groups is 3. The fourth-order valence-electron chi connectivity index (χ4n) is 4.47. The zero-order valence-corrected chi connectivity index (χ0v) is 22.8. The highest BCUT2D eigenvalue weighted by atomic mass is 16.5. The lowest BCUT2D eigenvalue weighted by Gasteiger charge is -2.25. The summed E-state index contributed by atoms with van der Waals surface area (Å²) in [6.07, 6.45) is 1.28. The average molecular weight is 527 g/mol. The zero-order chi connectivity index (χ0) is 27.9. The molecule has 3 aromatic carbocycles. The monoisotopic (exact) mass is 526 g/mol. The van der Waals surface area contributed by atoms with Crippen molar-refractivity contribution in [2.24, 2.45) is 0 Å².